The van der Waals surface area contributed by atoms with Crippen molar-refractivity contribution < 1.29 is 4.74 Å². The summed E-state index contributed by atoms with van der Waals surface area (Å²) in [7, 11) is 5.88. The lowest BCUT2D eigenvalue weighted by atomic mass is 10.1. The highest BCUT2D eigenvalue weighted by Gasteiger charge is 2.21. The van der Waals surface area contributed by atoms with Crippen molar-refractivity contribution >= 4 is 11.8 Å². The third-order valence-electron chi connectivity index (χ3n) is 3.22. The Labute approximate surface area is 127 Å². The first-order valence-electron chi connectivity index (χ1n) is 7.10. The van der Waals surface area contributed by atoms with Gasteiger partial charge in [-0.25, -0.2) is 0 Å². The van der Waals surface area contributed by atoms with E-state index >= 15 is 0 Å². The van der Waals surface area contributed by atoms with Crippen LogP contribution in [0.1, 0.15) is 25.1 Å². The van der Waals surface area contributed by atoms with Gasteiger partial charge in [0.05, 0.1) is 31.6 Å². The lowest BCUT2D eigenvalue weighted by Gasteiger charge is -2.21. The molecular weight excluding hydrogens is 272 g/mol. The predicted octanol–water partition coefficient (Wildman–Crippen LogP) is 1.86. The van der Waals surface area contributed by atoms with Gasteiger partial charge < -0.3 is 15.0 Å². The molecule has 0 aliphatic carbocycles. The molecule has 0 fully saturated rings. The first-order chi connectivity index (χ1) is 9.63. The Kier molecular flexibility index (Phi) is 8.02. The topological polar surface area (TPSA) is 42.3 Å². The minimum atomic E-state index is 0.298. The maximum atomic E-state index is 5.50. The van der Waals surface area contributed by atoms with Crippen molar-refractivity contribution in [1.29, 1.82) is 0 Å². The highest BCUT2D eigenvalue weighted by molar-refractivity contribution is 7.98. The van der Waals surface area contributed by atoms with Gasteiger partial charge in [0.2, 0.25) is 0 Å². The lowest BCUT2D eigenvalue weighted by Crippen LogP contribution is -2.27. The van der Waals surface area contributed by atoms with Gasteiger partial charge in [-0.2, -0.15) is 16.9 Å². The number of ether oxygens (including phenoxy) is 1. The number of rotatable bonds is 10. The fraction of sp³-hybridized carbons (Fsp3) is 0.786. The van der Waals surface area contributed by atoms with Crippen LogP contribution in [0.3, 0.4) is 0 Å². The number of hydrogen-bond donors (Lipinski definition) is 1. The maximum absolute atomic E-state index is 5.50. The van der Waals surface area contributed by atoms with E-state index in [1.807, 2.05) is 18.0 Å². The molecule has 1 aromatic heterocycles. The minimum Gasteiger partial charge on any atom is -0.493 e. The molecule has 5 nitrogen and oxygen atoms in total. The molecule has 1 heterocycles. The molecule has 0 saturated heterocycles. The molecule has 20 heavy (non-hydrogen) atoms. The Morgan fingerprint density at radius 1 is 1.50 bits per heavy atom. The SMILES string of the molecule is CCNC(CCSC)c1c(OC)cnn1CCN(C)C. The van der Waals surface area contributed by atoms with Crippen LogP contribution in [-0.4, -0.2) is 61.0 Å². The molecule has 1 unspecified atom stereocenters. The Hall–Kier alpha value is -0.720. The minimum absolute atomic E-state index is 0.298. The van der Waals surface area contributed by atoms with Gasteiger partial charge in [-0.15, -0.1) is 0 Å². The zero-order valence-corrected chi connectivity index (χ0v) is 14.2. The number of likely N-dealkylation sites (N-methyl/N-ethyl adjacent to an activating group) is 1. The second kappa shape index (κ2) is 9.26. The fourth-order valence-corrected chi connectivity index (χ4v) is 2.65. The second-order valence-corrected chi connectivity index (χ2v) is 6.00. The first kappa shape index (κ1) is 17.3. The third kappa shape index (κ3) is 5.00. The molecule has 0 amide bonds. The van der Waals surface area contributed by atoms with E-state index in [0.717, 1.165) is 37.6 Å². The van der Waals surface area contributed by atoms with Crippen molar-refractivity contribution in [3.05, 3.63) is 11.9 Å². The molecule has 0 spiro atoms. The van der Waals surface area contributed by atoms with Gasteiger partial charge in [0.15, 0.2) is 5.75 Å². The van der Waals surface area contributed by atoms with E-state index in [9.17, 15) is 0 Å². The van der Waals surface area contributed by atoms with E-state index in [1.54, 1.807) is 7.11 Å². The van der Waals surface area contributed by atoms with Crippen molar-refractivity contribution in [3.63, 3.8) is 0 Å². The summed E-state index contributed by atoms with van der Waals surface area (Å²) in [5.74, 6) is 2.01. The molecule has 1 atom stereocenters. The Bertz CT molecular complexity index is 381. The van der Waals surface area contributed by atoms with Crippen molar-refractivity contribution in [1.82, 2.24) is 20.0 Å². The summed E-state index contributed by atoms with van der Waals surface area (Å²) in [4.78, 5) is 2.17. The summed E-state index contributed by atoms with van der Waals surface area (Å²) in [6.07, 6.45) is 5.05. The van der Waals surface area contributed by atoms with E-state index in [4.69, 9.17) is 4.74 Å². The van der Waals surface area contributed by atoms with Crippen LogP contribution in [0.2, 0.25) is 0 Å². The Morgan fingerprint density at radius 2 is 2.25 bits per heavy atom. The Balaban J connectivity index is 2.93. The van der Waals surface area contributed by atoms with Gasteiger partial charge in [-0.05, 0) is 39.1 Å². The van der Waals surface area contributed by atoms with Crippen LogP contribution >= 0.6 is 11.8 Å². The summed E-state index contributed by atoms with van der Waals surface area (Å²) in [6, 6.07) is 0.298. The van der Waals surface area contributed by atoms with Crippen LogP contribution in [0.15, 0.2) is 6.20 Å². The number of methoxy groups -OCH3 is 1. The average Bonchev–Trinajstić information content (AvgIpc) is 2.84. The monoisotopic (exact) mass is 300 g/mol. The Morgan fingerprint density at radius 3 is 2.80 bits per heavy atom. The van der Waals surface area contributed by atoms with Crippen LogP contribution in [0.5, 0.6) is 5.75 Å². The van der Waals surface area contributed by atoms with Crippen molar-refractivity contribution in [2.24, 2.45) is 0 Å². The molecule has 1 aromatic rings. The number of nitrogens with zero attached hydrogens (tertiary/aromatic N) is 3. The summed E-state index contributed by atoms with van der Waals surface area (Å²) < 4.78 is 7.57. The van der Waals surface area contributed by atoms with Gasteiger partial charge in [0.25, 0.3) is 0 Å². The van der Waals surface area contributed by atoms with Crippen molar-refractivity contribution in [2.75, 3.05) is 46.3 Å². The largest absolute Gasteiger partial charge is 0.493 e. The van der Waals surface area contributed by atoms with Crippen LogP contribution in [-0.2, 0) is 6.54 Å². The van der Waals surface area contributed by atoms with Crippen LogP contribution in [0.4, 0.5) is 0 Å². The smallest absolute Gasteiger partial charge is 0.161 e. The zero-order chi connectivity index (χ0) is 15.0. The summed E-state index contributed by atoms with van der Waals surface area (Å²) >= 11 is 1.87. The van der Waals surface area contributed by atoms with Crippen LogP contribution < -0.4 is 10.1 Å². The normalized spacial score (nSPS) is 12.9. The van der Waals surface area contributed by atoms with Crippen molar-refractivity contribution in [2.45, 2.75) is 25.9 Å². The molecule has 0 aliphatic heterocycles. The molecular formula is C14H28N4OS. The average molecular weight is 300 g/mol. The maximum Gasteiger partial charge on any atom is 0.161 e. The number of thioether (sulfide) groups is 1. The molecule has 0 aromatic carbocycles. The number of nitrogens with one attached hydrogen (secondary N) is 1. The van der Waals surface area contributed by atoms with Crippen molar-refractivity contribution in [3.8, 4) is 5.75 Å². The lowest BCUT2D eigenvalue weighted by molar-refractivity contribution is 0.353. The molecule has 0 bridgehead atoms. The molecule has 0 saturated carbocycles. The highest BCUT2D eigenvalue weighted by Crippen LogP contribution is 2.28. The summed E-state index contributed by atoms with van der Waals surface area (Å²) in [6.45, 7) is 4.94. The summed E-state index contributed by atoms with van der Waals surface area (Å²) in [5.41, 5.74) is 1.17. The second-order valence-electron chi connectivity index (χ2n) is 5.02. The fourth-order valence-electron chi connectivity index (χ4n) is 2.18. The molecule has 1 N–H and O–H groups in total. The first-order valence-corrected chi connectivity index (χ1v) is 8.50. The van der Waals surface area contributed by atoms with Gasteiger partial charge in [-0.1, -0.05) is 6.92 Å². The molecule has 0 radical (unpaired) electrons. The van der Waals surface area contributed by atoms with Crippen LogP contribution in [0, 0.1) is 0 Å². The van der Waals surface area contributed by atoms with E-state index in [-0.39, 0.29) is 0 Å². The third-order valence-corrected chi connectivity index (χ3v) is 3.86. The van der Waals surface area contributed by atoms with E-state index in [1.165, 1.54) is 5.69 Å². The molecule has 0 aliphatic rings. The predicted molar refractivity (Wildman–Crippen MR) is 86.7 cm³/mol. The molecule has 1 rings (SSSR count). The summed E-state index contributed by atoms with van der Waals surface area (Å²) in [5, 5.41) is 8.04. The molecule has 6 heteroatoms. The van der Waals surface area contributed by atoms with Crippen LogP contribution in [0.25, 0.3) is 0 Å². The quantitative estimate of drug-likeness (QED) is 0.714. The van der Waals surface area contributed by atoms with Gasteiger partial charge in [0.1, 0.15) is 0 Å². The molecule has 116 valence electrons. The standard InChI is InChI=1S/C14H28N4OS/c1-6-15-12(7-10-20-5)14-13(19-4)11-16-18(14)9-8-17(2)3/h11-12,15H,6-10H2,1-5H3. The number of aromatic nitrogens is 2. The van der Waals surface area contributed by atoms with E-state index < -0.39 is 0 Å². The number of hydrogen-bond acceptors (Lipinski definition) is 5. The van der Waals surface area contributed by atoms with Gasteiger partial charge >= 0.3 is 0 Å². The van der Waals surface area contributed by atoms with Gasteiger partial charge in [-0.3, -0.25) is 4.68 Å². The van der Waals surface area contributed by atoms with E-state index in [0.29, 0.717) is 6.04 Å². The van der Waals surface area contributed by atoms with Gasteiger partial charge in [0, 0.05) is 6.54 Å². The zero-order valence-electron chi connectivity index (χ0n) is 13.3. The highest BCUT2D eigenvalue weighted by atomic mass is 32.2. The van der Waals surface area contributed by atoms with E-state index in [2.05, 4.69) is 47.3 Å².